The second-order valence-corrected chi connectivity index (χ2v) is 5.80. The molecule has 0 bridgehead atoms. The molecule has 6 heteroatoms. The van der Waals surface area contributed by atoms with Gasteiger partial charge in [-0.3, -0.25) is 9.59 Å². The predicted molar refractivity (Wildman–Crippen MR) is 83.2 cm³/mol. The van der Waals surface area contributed by atoms with Crippen molar-refractivity contribution < 1.29 is 14.3 Å². The van der Waals surface area contributed by atoms with Gasteiger partial charge in [0, 0.05) is 20.0 Å². The van der Waals surface area contributed by atoms with Crippen molar-refractivity contribution in [1.29, 1.82) is 0 Å². The number of thioether (sulfide) groups is 1. The van der Waals surface area contributed by atoms with Gasteiger partial charge in [0.15, 0.2) is 0 Å². The normalized spacial score (nSPS) is 17.9. The Labute approximate surface area is 129 Å². The fraction of sp³-hybridized carbons (Fsp3) is 0.467. The lowest BCUT2D eigenvalue weighted by atomic mass is 10.2. The topological polar surface area (TPSA) is 58.6 Å². The third kappa shape index (κ3) is 4.14. The molecule has 1 atom stereocenters. The molecular weight excluding hydrogens is 288 g/mol. The number of hydrogen-bond acceptors (Lipinski definition) is 4. The summed E-state index contributed by atoms with van der Waals surface area (Å²) < 4.78 is 5.43. The van der Waals surface area contributed by atoms with Gasteiger partial charge in [0.1, 0.15) is 11.1 Å². The molecule has 1 aliphatic rings. The highest BCUT2D eigenvalue weighted by atomic mass is 32.2. The molecule has 2 rings (SSSR count). The zero-order chi connectivity index (χ0) is 15.2. The molecule has 0 aliphatic carbocycles. The van der Waals surface area contributed by atoms with Crippen LogP contribution >= 0.6 is 11.8 Å². The molecule has 1 aromatic rings. The number of nitrogens with zero attached hydrogens (tertiary/aromatic N) is 1. The minimum Gasteiger partial charge on any atom is -0.494 e. The Bertz CT molecular complexity index is 504. The van der Waals surface area contributed by atoms with Gasteiger partial charge in [-0.15, -0.1) is 11.8 Å². The highest BCUT2D eigenvalue weighted by molar-refractivity contribution is 8.00. The monoisotopic (exact) mass is 308 g/mol. The Balaban J connectivity index is 2.02. The van der Waals surface area contributed by atoms with Gasteiger partial charge in [-0.2, -0.15) is 0 Å². The van der Waals surface area contributed by atoms with Gasteiger partial charge < -0.3 is 15.0 Å². The summed E-state index contributed by atoms with van der Waals surface area (Å²) in [5.74, 6) is 1.36. The number of carbonyl (C=O) groups excluding carboxylic acids is 2. The van der Waals surface area contributed by atoms with Crippen molar-refractivity contribution in [3.63, 3.8) is 0 Å². The number of amides is 2. The number of carbonyl (C=O) groups is 2. The predicted octanol–water partition coefficient (Wildman–Crippen LogP) is 1.80. The van der Waals surface area contributed by atoms with Crippen LogP contribution in [0, 0.1) is 0 Å². The summed E-state index contributed by atoms with van der Waals surface area (Å²) in [6.45, 7) is 5.07. The van der Waals surface area contributed by atoms with E-state index in [4.69, 9.17) is 4.74 Å². The second kappa shape index (κ2) is 7.36. The lowest BCUT2D eigenvalue weighted by Crippen LogP contribution is -2.36. The van der Waals surface area contributed by atoms with Crippen molar-refractivity contribution in [3.05, 3.63) is 29.8 Å². The van der Waals surface area contributed by atoms with E-state index in [0.29, 0.717) is 25.4 Å². The van der Waals surface area contributed by atoms with Crippen molar-refractivity contribution in [2.75, 3.05) is 25.4 Å². The van der Waals surface area contributed by atoms with Crippen LogP contribution in [-0.4, -0.2) is 42.2 Å². The van der Waals surface area contributed by atoms with E-state index >= 15 is 0 Å². The first-order chi connectivity index (χ1) is 10.1. The van der Waals surface area contributed by atoms with E-state index in [1.54, 1.807) is 11.8 Å². The summed E-state index contributed by atoms with van der Waals surface area (Å²) in [6.07, 6.45) is 0. The molecule has 1 N–H and O–H groups in total. The van der Waals surface area contributed by atoms with Gasteiger partial charge in [0.2, 0.25) is 11.8 Å². The molecule has 0 radical (unpaired) electrons. The van der Waals surface area contributed by atoms with Crippen LogP contribution in [0.1, 0.15) is 24.8 Å². The zero-order valence-corrected chi connectivity index (χ0v) is 13.1. The van der Waals surface area contributed by atoms with Crippen LogP contribution in [0.5, 0.6) is 5.75 Å². The summed E-state index contributed by atoms with van der Waals surface area (Å²) in [4.78, 5) is 24.7. The van der Waals surface area contributed by atoms with Gasteiger partial charge in [-0.1, -0.05) is 12.1 Å². The maximum Gasteiger partial charge on any atom is 0.233 e. The first kappa shape index (κ1) is 15.7. The number of benzene rings is 1. The number of hydrogen-bond donors (Lipinski definition) is 1. The van der Waals surface area contributed by atoms with E-state index in [1.807, 2.05) is 36.1 Å². The average Bonchev–Trinajstić information content (AvgIpc) is 2.81. The minimum atomic E-state index is -0.0769. The maximum absolute atomic E-state index is 12.0. The first-order valence-corrected chi connectivity index (χ1v) is 8.05. The third-order valence-corrected chi connectivity index (χ3v) is 4.43. The van der Waals surface area contributed by atoms with Crippen LogP contribution in [0.15, 0.2) is 24.3 Å². The highest BCUT2D eigenvalue weighted by Gasteiger charge is 2.32. The van der Waals surface area contributed by atoms with Gasteiger partial charge >= 0.3 is 0 Å². The van der Waals surface area contributed by atoms with Crippen LogP contribution in [0.4, 0.5) is 0 Å². The Morgan fingerprint density at radius 1 is 1.43 bits per heavy atom. The number of rotatable bonds is 6. The lowest BCUT2D eigenvalue weighted by molar-refractivity contribution is -0.128. The van der Waals surface area contributed by atoms with Crippen molar-refractivity contribution in [2.45, 2.75) is 19.2 Å². The Kier molecular flexibility index (Phi) is 5.50. The highest BCUT2D eigenvalue weighted by Crippen LogP contribution is 2.38. The average molecular weight is 308 g/mol. The molecule has 1 aromatic carbocycles. The zero-order valence-electron chi connectivity index (χ0n) is 12.3. The first-order valence-electron chi connectivity index (χ1n) is 7.00. The van der Waals surface area contributed by atoms with Crippen LogP contribution < -0.4 is 10.1 Å². The fourth-order valence-electron chi connectivity index (χ4n) is 2.22. The molecule has 0 spiro atoms. The van der Waals surface area contributed by atoms with Crippen molar-refractivity contribution in [3.8, 4) is 5.75 Å². The van der Waals surface area contributed by atoms with Gasteiger partial charge in [0.05, 0.1) is 12.4 Å². The summed E-state index contributed by atoms with van der Waals surface area (Å²) in [5.41, 5.74) is 1.08. The van der Waals surface area contributed by atoms with E-state index in [2.05, 4.69) is 5.32 Å². The number of nitrogens with one attached hydrogen (secondary N) is 1. The molecule has 1 aliphatic heterocycles. The van der Waals surface area contributed by atoms with Crippen LogP contribution in [0.25, 0.3) is 0 Å². The molecule has 1 heterocycles. The van der Waals surface area contributed by atoms with Crippen LogP contribution in [0.2, 0.25) is 0 Å². The summed E-state index contributed by atoms with van der Waals surface area (Å²) >= 11 is 1.61. The van der Waals surface area contributed by atoms with E-state index < -0.39 is 0 Å². The van der Waals surface area contributed by atoms with E-state index in [0.717, 1.165) is 11.3 Å². The molecule has 0 saturated carbocycles. The quantitative estimate of drug-likeness (QED) is 0.870. The van der Waals surface area contributed by atoms with Gasteiger partial charge in [0.25, 0.3) is 0 Å². The molecule has 1 fully saturated rings. The maximum atomic E-state index is 12.0. The standard InChI is InChI=1S/C15H20N2O3S/c1-3-20-13-6-4-12(5-7-13)15-17(14(19)10-21-15)9-8-16-11(2)18/h4-7,15H,3,8-10H2,1-2H3,(H,16,18). The molecular formula is C15H20N2O3S. The summed E-state index contributed by atoms with van der Waals surface area (Å²) in [7, 11) is 0. The lowest BCUT2D eigenvalue weighted by Gasteiger charge is -2.24. The molecule has 114 valence electrons. The Hall–Kier alpha value is -1.69. The third-order valence-electron chi connectivity index (χ3n) is 3.17. The van der Waals surface area contributed by atoms with Crippen molar-refractivity contribution in [1.82, 2.24) is 10.2 Å². The Morgan fingerprint density at radius 2 is 2.14 bits per heavy atom. The molecule has 1 unspecified atom stereocenters. The second-order valence-electron chi connectivity index (χ2n) is 4.74. The molecule has 5 nitrogen and oxygen atoms in total. The molecule has 0 aromatic heterocycles. The van der Waals surface area contributed by atoms with Crippen LogP contribution in [0.3, 0.4) is 0 Å². The Morgan fingerprint density at radius 3 is 2.76 bits per heavy atom. The SMILES string of the molecule is CCOc1ccc(C2SCC(=O)N2CCNC(C)=O)cc1. The number of ether oxygens (including phenoxy) is 1. The largest absolute Gasteiger partial charge is 0.494 e. The van der Waals surface area contributed by atoms with Crippen molar-refractivity contribution in [2.24, 2.45) is 0 Å². The summed E-state index contributed by atoms with van der Waals surface area (Å²) in [5, 5.41) is 2.74. The van der Waals surface area contributed by atoms with E-state index in [1.165, 1.54) is 6.92 Å². The van der Waals surface area contributed by atoms with E-state index in [9.17, 15) is 9.59 Å². The van der Waals surface area contributed by atoms with Gasteiger partial charge in [-0.25, -0.2) is 0 Å². The molecule has 1 saturated heterocycles. The smallest absolute Gasteiger partial charge is 0.233 e. The van der Waals surface area contributed by atoms with Crippen LogP contribution in [-0.2, 0) is 9.59 Å². The minimum absolute atomic E-state index is 0.0157. The van der Waals surface area contributed by atoms with Crippen molar-refractivity contribution >= 4 is 23.6 Å². The molecule has 21 heavy (non-hydrogen) atoms. The van der Waals surface area contributed by atoms with Gasteiger partial charge in [-0.05, 0) is 24.6 Å². The van der Waals surface area contributed by atoms with E-state index in [-0.39, 0.29) is 17.2 Å². The molecule has 2 amide bonds. The summed E-state index contributed by atoms with van der Waals surface area (Å²) in [6, 6.07) is 7.84. The fourth-order valence-corrected chi connectivity index (χ4v) is 3.44.